The number of carboxylic acids is 1. The van der Waals surface area contributed by atoms with Gasteiger partial charge in [0.15, 0.2) is 0 Å². The zero-order valence-electron chi connectivity index (χ0n) is 18.2. The van der Waals surface area contributed by atoms with Crippen LogP contribution in [-0.4, -0.2) is 68.0 Å². The van der Waals surface area contributed by atoms with Crippen LogP contribution in [-0.2, 0) is 16.6 Å². The molecule has 8 nitrogen and oxygen atoms in total. The van der Waals surface area contributed by atoms with Crippen molar-refractivity contribution >= 4 is 17.7 Å². The van der Waals surface area contributed by atoms with E-state index in [-0.39, 0.29) is 17.4 Å². The average molecular weight is 465 g/mol. The molecule has 11 heteroatoms. The van der Waals surface area contributed by atoms with E-state index in [0.29, 0.717) is 13.0 Å². The maximum Gasteiger partial charge on any atom is 0.490 e. The van der Waals surface area contributed by atoms with Crippen LogP contribution in [0.4, 0.5) is 19.0 Å². The first-order chi connectivity index (χ1) is 15.6. The number of pyridine rings is 1. The Morgan fingerprint density at radius 1 is 1.33 bits per heavy atom. The minimum atomic E-state index is -5.08. The fourth-order valence-corrected chi connectivity index (χ4v) is 4.65. The molecule has 1 N–H and O–H groups in total. The lowest BCUT2D eigenvalue weighted by Crippen LogP contribution is -2.55. The first kappa shape index (κ1) is 24.3. The quantitative estimate of drug-likeness (QED) is 0.698. The monoisotopic (exact) mass is 465 g/mol. The van der Waals surface area contributed by atoms with Gasteiger partial charge in [0.25, 0.3) is 0 Å². The lowest BCUT2D eigenvalue weighted by Gasteiger charge is -2.47. The van der Waals surface area contributed by atoms with Crippen molar-refractivity contribution in [2.75, 3.05) is 24.5 Å². The number of piperidine rings is 1. The van der Waals surface area contributed by atoms with Crippen molar-refractivity contribution in [3.63, 3.8) is 0 Å². The Balaban J connectivity index is 0.000000383. The summed E-state index contributed by atoms with van der Waals surface area (Å²) in [6.45, 7) is 6.28. The maximum absolute atomic E-state index is 12.8. The van der Waals surface area contributed by atoms with Crippen LogP contribution in [0.5, 0.6) is 0 Å². The number of aryl methyl sites for hydroxylation is 1. The number of halogens is 3. The Hall–Kier alpha value is -3.37. The van der Waals surface area contributed by atoms with E-state index < -0.39 is 12.1 Å². The highest BCUT2D eigenvalue weighted by molar-refractivity contribution is 5.82. The van der Waals surface area contributed by atoms with Crippen LogP contribution in [0.2, 0.25) is 0 Å². The van der Waals surface area contributed by atoms with Gasteiger partial charge in [-0.3, -0.25) is 9.48 Å². The molecule has 1 atom stereocenters. The molecule has 2 aromatic heterocycles. The van der Waals surface area contributed by atoms with Gasteiger partial charge < -0.3 is 14.9 Å². The topological polar surface area (TPSA) is 91.6 Å². The summed E-state index contributed by atoms with van der Waals surface area (Å²) in [6, 6.07) is 6.01. The number of aromatic nitrogens is 3. The summed E-state index contributed by atoms with van der Waals surface area (Å²) in [4.78, 5) is 30.6. The van der Waals surface area contributed by atoms with Crippen LogP contribution >= 0.6 is 0 Å². The van der Waals surface area contributed by atoms with Crippen LogP contribution in [0, 0.1) is 0 Å². The lowest BCUT2D eigenvalue weighted by atomic mass is 9.74. The van der Waals surface area contributed by atoms with Crippen molar-refractivity contribution < 1.29 is 27.9 Å². The van der Waals surface area contributed by atoms with Crippen molar-refractivity contribution in [1.82, 2.24) is 19.7 Å². The Morgan fingerprint density at radius 2 is 2.00 bits per heavy atom. The standard InChI is InChI=1S/C20H25N5O.C2HF3O2/c1-3-10-25-19(26)13-17(16-14-22-23(2)15-16)20(25)7-11-24(12-8-20)18-6-4-5-9-21-18;3-2(4,5)1(6)7/h3-6,9,14-15,17H,1,7-8,10-13H2,2H3;(H,6,7). The van der Waals surface area contributed by atoms with Crippen LogP contribution in [0.3, 0.4) is 0 Å². The number of carboxylic acid groups (broad SMARTS) is 1. The molecule has 4 heterocycles. The Kier molecular flexibility index (Phi) is 7.09. The SMILES string of the molecule is C=CCN1C(=O)CC(c2cnn(C)c2)C12CCN(c1ccccn1)CC2.O=C(O)C(F)(F)F. The molecule has 2 saturated heterocycles. The first-order valence-corrected chi connectivity index (χ1v) is 10.4. The van der Waals surface area contributed by atoms with Gasteiger partial charge in [-0.2, -0.15) is 18.3 Å². The van der Waals surface area contributed by atoms with Crippen LogP contribution < -0.4 is 4.90 Å². The fourth-order valence-electron chi connectivity index (χ4n) is 4.65. The van der Waals surface area contributed by atoms with Crippen LogP contribution in [0.25, 0.3) is 0 Å². The molecule has 1 unspecified atom stereocenters. The van der Waals surface area contributed by atoms with E-state index in [1.807, 2.05) is 42.3 Å². The number of amides is 1. The van der Waals surface area contributed by atoms with Gasteiger partial charge in [-0.1, -0.05) is 12.1 Å². The minimum Gasteiger partial charge on any atom is -0.475 e. The van der Waals surface area contributed by atoms with E-state index >= 15 is 0 Å². The van der Waals surface area contributed by atoms with Gasteiger partial charge >= 0.3 is 12.1 Å². The molecule has 2 fully saturated rings. The summed E-state index contributed by atoms with van der Waals surface area (Å²) in [5.41, 5.74) is 1.01. The summed E-state index contributed by atoms with van der Waals surface area (Å²) in [6.07, 6.45) is 5.00. The second kappa shape index (κ2) is 9.63. The van der Waals surface area contributed by atoms with Crippen molar-refractivity contribution in [3.8, 4) is 0 Å². The number of carbonyl (C=O) groups is 2. The number of likely N-dealkylation sites (tertiary alicyclic amines) is 1. The molecular formula is C22H26F3N5O3. The Bertz CT molecular complexity index is 985. The molecule has 0 aliphatic carbocycles. The van der Waals surface area contributed by atoms with Gasteiger partial charge in [0, 0.05) is 51.4 Å². The highest BCUT2D eigenvalue weighted by atomic mass is 19.4. The van der Waals surface area contributed by atoms with E-state index in [9.17, 15) is 18.0 Å². The number of nitrogens with zero attached hydrogens (tertiary/aromatic N) is 5. The third-order valence-corrected chi connectivity index (χ3v) is 6.15. The fraction of sp³-hybridized carbons (Fsp3) is 0.455. The smallest absolute Gasteiger partial charge is 0.475 e. The van der Waals surface area contributed by atoms with Crippen molar-refractivity contribution in [1.29, 1.82) is 0 Å². The number of carbonyl (C=O) groups excluding carboxylic acids is 1. The van der Waals surface area contributed by atoms with Crippen molar-refractivity contribution in [2.24, 2.45) is 7.05 Å². The van der Waals surface area contributed by atoms with Gasteiger partial charge in [0.05, 0.1) is 11.7 Å². The summed E-state index contributed by atoms with van der Waals surface area (Å²) in [7, 11) is 1.93. The number of hydrogen-bond donors (Lipinski definition) is 1. The Labute approximate surface area is 189 Å². The third kappa shape index (κ3) is 5.18. The summed E-state index contributed by atoms with van der Waals surface area (Å²) in [5, 5.41) is 11.5. The zero-order valence-corrected chi connectivity index (χ0v) is 18.2. The molecule has 2 aromatic rings. The van der Waals surface area contributed by atoms with Gasteiger partial charge in [-0.25, -0.2) is 9.78 Å². The third-order valence-electron chi connectivity index (χ3n) is 6.15. The van der Waals surface area contributed by atoms with E-state index in [4.69, 9.17) is 9.90 Å². The summed E-state index contributed by atoms with van der Waals surface area (Å²) in [5.74, 6) is -1.33. The van der Waals surface area contributed by atoms with Gasteiger partial charge in [-0.15, -0.1) is 6.58 Å². The number of rotatable bonds is 4. The van der Waals surface area contributed by atoms with Crippen molar-refractivity contribution in [3.05, 3.63) is 55.0 Å². The molecule has 0 bridgehead atoms. The summed E-state index contributed by atoms with van der Waals surface area (Å²) < 4.78 is 33.6. The normalized spacial score (nSPS) is 19.9. The van der Waals surface area contributed by atoms with E-state index in [1.165, 1.54) is 5.56 Å². The second-order valence-electron chi connectivity index (χ2n) is 8.08. The van der Waals surface area contributed by atoms with Crippen LogP contribution in [0.15, 0.2) is 49.4 Å². The molecule has 4 rings (SSSR count). The minimum absolute atomic E-state index is 0.153. The molecular weight excluding hydrogens is 439 g/mol. The molecule has 2 aliphatic heterocycles. The van der Waals surface area contributed by atoms with Gasteiger partial charge in [0.2, 0.25) is 5.91 Å². The number of aliphatic carboxylic acids is 1. The lowest BCUT2D eigenvalue weighted by molar-refractivity contribution is -0.192. The highest BCUT2D eigenvalue weighted by Gasteiger charge is 2.54. The largest absolute Gasteiger partial charge is 0.490 e. The summed E-state index contributed by atoms with van der Waals surface area (Å²) >= 11 is 0. The molecule has 178 valence electrons. The number of alkyl halides is 3. The van der Waals surface area contributed by atoms with Crippen LogP contribution in [0.1, 0.15) is 30.7 Å². The highest BCUT2D eigenvalue weighted by Crippen LogP contribution is 2.49. The first-order valence-electron chi connectivity index (χ1n) is 10.4. The van der Waals surface area contributed by atoms with E-state index in [1.54, 1.807) is 0 Å². The second-order valence-corrected chi connectivity index (χ2v) is 8.08. The molecule has 33 heavy (non-hydrogen) atoms. The molecule has 0 saturated carbocycles. The average Bonchev–Trinajstić information content (AvgIpc) is 3.32. The van der Waals surface area contributed by atoms with Gasteiger partial charge in [0.1, 0.15) is 5.82 Å². The Morgan fingerprint density at radius 3 is 2.48 bits per heavy atom. The predicted octanol–water partition coefficient (Wildman–Crippen LogP) is 2.99. The molecule has 2 aliphatic rings. The molecule has 1 spiro atoms. The zero-order chi connectivity index (χ0) is 24.2. The van der Waals surface area contributed by atoms with E-state index in [2.05, 4.69) is 38.7 Å². The van der Waals surface area contributed by atoms with Gasteiger partial charge in [-0.05, 0) is 30.5 Å². The molecule has 1 amide bonds. The predicted molar refractivity (Wildman–Crippen MR) is 115 cm³/mol. The maximum atomic E-state index is 12.8. The number of hydrogen-bond acceptors (Lipinski definition) is 5. The van der Waals surface area contributed by atoms with E-state index in [0.717, 1.165) is 31.7 Å². The number of anilines is 1. The van der Waals surface area contributed by atoms with Crippen molar-refractivity contribution in [2.45, 2.75) is 36.9 Å². The molecule has 0 aromatic carbocycles. The molecule has 0 radical (unpaired) electrons.